The zero-order valence-corrected chi connectivity index (χ0v) is 12.8. The Bertz CT molecular complexity index is 408. The molecule has 1 saturated heterocycles. The smallest absolute Gasteiger partial charge is 0.220 e. The topological polar surface area (TPSA) is 32.3 Å². The van der Waals surface area contributed by atoms with Gasteiger partial charge in [0.05, 0.1) is 0 Å². The van der Waals surface area contributed by atoms with Gasteiger partial charge in [0.1, 0.15) is 0 Å². The molecular formula is C16H24N2OS. The van der Waals surface area contributed by atoms with E-state index in [0.717, 1.165) is 32.6 Å². The predicted octanol–water partition coefficient (Wildman–Crippen LogP) is 3.04. The number of amides is 1. The first-order chi connectivity index (χ1) is 9.78. The molecule has 1 fully saturated rings. The number of carbonyl (C=O) groups excluding carboxylic acids is 1. The van der Waals surface area contributed by atoms with Gasteiger partial charge in [-0.25, -0.2) is 0 Å². The van der Waals surface area contributed by atoms with E-state index in [9.17, 15) is 4.79 Å². The van der Waals surface area contributed by atoms with Crippen LogP contribution in [0.25, 0.3) is 0 Å². The van der Waals surface area contributed by atoms with Gasteiger partial charge in [-0.2, -0.15) is 11.3 Å². The Hall–Kier alpha value is -1.13. The van der Waals surface area contributed by atoms with E-state index < -0.39 is 0 Å². The van der Waals surface area contributed by atoms with Crippen LogP contribution in [0.3, 0.4) is 0 Å². The fourth-order valence-corrected chi connectivity index (χ4v) is 3.23. The first kappa shape index (κ1) is 15.3. The van der Waals surface area contributed by atoms with Crippen molar-refractivity contribution in [3.8, 4) is 0 Å². The highest BCUT2D eigenvalue weighted by molar-refractivity contribution is 7.07. The van der Waals surface area contributed by atoms with Gasteiger partial charge in [-0.1, -0.05) is 6.08 Å². The van der Waals surface area contributed by atoms with Gasteiger partial charge in [-0.05, 0) is 60.7 Å². The lowest BCUT2D eigenvalue weighted by molar-refractivity contribution is -0.121. The highest BCUT2D eigenvalue weighted by Gasteiger charge is 2.19. The fraction of sp³-hybridized carbons (Fsp3) is 0.562. The third kappa shape index (κ3) is 5.10. The Kier molecular flexibility index (Phi) is 6.27. The number of hydrogen-bond donors (Lipinski definition) is 1. The molecule has 20 heavy (non-hydrogen) atoms. The van der Waals surface area contributed by atoms with Gasteiger partial charge in [0.2, 0.25) is 5.91 Å². The molecule has 1 amide bonds. The molecule has 0 radical (unpaired) electrons. The lowest BCUT2D eigenvalue weighted by Gasteiger charge is -2.31. The largest absolute Gasteiger partial charge is 0.356 e. The van der Waals surface area contributed by atoms with Gasteiger partial charge in [-0.3, -0.25) is 9.69 Å². The second kappa shape index (κ2) is 8.22. The molecule has 0 bridgehead atoms. The van der Waals surface area contributed by atoms with E-state index in [4.69, 9.17) is 0 Å². The molecule has 2 heterocycles. The molecule has 3 nitrogen and oxygen atoms in total. The fourth-order valence-electron chi connectivity index (χ4n) is 2.57. The lowest BCUT2D eigenvalue weighted by Crippen LogP contribution is -2.38. The Labute approximate surface area is 125 Å². The summed E-state index contributed by atoms with van der Waals surface area (Å²) in [4.78, 5) is 14.1. The molecule has 1 N–H and O–H groups in total. The number of hydrogen-bond acceptors (Lipinski definition) is 3. The van der Waals surface area contributed by atoms with E-state index >= 15 is 0 Å². The van der Waals surface area contributed by atoms with Crippen molar-refractivity contribution >= 4 is 17.2 Å². The summed E-state index contributed by atoms with van der Waals surface area (Å²) in [6.07, 6.45) is 5.51. The SMILES string of the molecule is C=CCCC(=O)NCC1CCN(Cc2ccsc2)CC1. The number of nitrogens with zero attached hydrogens (tertiary/aromatic N) is 1. The molecule has 0 aliphatic carbocycles. The number of nitrogens with one attached hydrogen (secondary N) is 1. The summed E-state index contributed by atoms with van der Waals surface area (Å²) in [6, 6.07) is 2.20. The summed E-state index contributed by atoms with van der Waals surface area (Å²) in [5.74, 6) is 0.798. The Morgan fingerprint density at radius 1 is 1.50 bits per heavy atom. The molecule has 0 saturated carbocycles. The lowest BCUT2D eigenvalue weighted by atomic mass is 9.96. The van der Waals surface area contributed by atoms with Crippen LogP contribution in [0.4, 0.5) is 0 Å². The van der Waals surface area contributed by atoms with Gasteiger partial charge < -0.3 is 5.32 Å². The van der Waals surface area contributed by atoms with Crippen LogP contribution in [0.2, 0.25) is 0 Å². The van der Waals surface area contributed by atoms with Gasteiger partial charge in [-0.15, -0.1) is 6.58 Å². The number of rotatable bonds is 7. The minimum Gasteiger partial charge on any atom is -0.356 e. The van der Waals surface area contributed by atoms with Gasteiger partial charge in [0.15, 0.2) is 0 Å². The number of piperidine rings is 1. The van der Waals surface area contributed by atoms with Gasteiger partial charge in [0, 0.05) is 19.5 Å². The average Bonchev–Trinajstić information content (AvgIpc) is 2.97. The molecule has 1 aliphatic rings. The molecule has 0 spiro atoms. The van der Waals surface area contributed by atoms with Crippen molar-refractivity contribution in [3.63, 3.8) is 0 Å². The Balaban J connectivity index is 1.61. The van der Waals surface area contributed by atoms with Crippen molar-refractivity contribution in [3.05, 3.63) is 35.0 Å². The first-order valence-corrected chi connectivity index (χ1v) is 8.33. The number of likely N-dealkylation sites (tertiary alicyclic amines) is 1. The van der Waals surface area contributed by atoms with Crippen molar-refractivity contribution in [1.82, 2.24) is 10.2 Å². The first-order valence-electron chi connectivity index (χ1n) is 7.39. The number of thiophene rings is 1. The third-order valence-electron chi connectivity index (χ3n) is 3.86. The van der Waals surface area contributed by atoms with Crippen molar-refractivity contribution in [2.24, 2.45) is 5.92 Å². The summed E-state index contributed by atoms with van der Waals surface area (Å²) < 4.78 is 0. The number of carbonyl (C=O) groups is 1. The third-order valence-corrected chi connectivity index (χ3v) is 4.59. The molecule has 0 atom stereocenters. The van der Waals surface area contributed by atoms with Crippen LogP contribution in [0.15, 0.2) is 29.5 Å². The predicted molar refractivity (Wildman–Crippen MR) is 84.8 cm³/mol. The van der Waals surface area contributed by atoms with Crippen LogP contribution in [-0.2, 0) is 11.3 Å². The van der Waals surface area contributed by atoms with E-state index in [1.807, 2.05) is 0 Å². The van der Waals surface area contributed by atoms with E-state index in [1.54, 1.807) is 17.4 Å². The van der Waals surface area contributed by atoms with Crippen LogP contribution in [0, 0.1) is 5.92 Å². The monoisotopic (exact) mass is 292 g/mol. The molecule has 2 rings (SSSR count). The van der Waals surface area contributed by atoms with Gasteiger partial charge >= 0.3 is 0 Å². The molecule has 110 valence electrons. The van der Waals surface area contributed by atoms with Crippen LogP contribution < -0.4 is 5.32 Å². The maximum absolute atomic E-state index is 11.6. The molecule has 1 aliphatic heterocycles. The Morgan fingerprint density at radius 3 is 2.95 bits per heavy atom. The van der Waals surface area contributed by atoms with Crippen molar-refractivity contribution in [1.29, 1.82) is 0 Å². The zero-order chi connectivity index (χ0) is 14.2. The van der Waals surface area contributed by atoms with Crippen LogP contribution in [-0.4, -0.2) is 30.4 Å². The average molecular weight is 292 g/mol. The molecule has 1 aromatic heterocycles. The highest BCUT2D eigenvalue weighted by atomic mass is 32.1. The standard InChI is InChI=1S/C16H24N2OS/c1-2-3-4-16(19)17-11-14-5-8-18(9-6-14)12-15-7-10-20-13-15/h2,7,10,13-14H,1,3-6,8-9,11-12H2,(H,17,19). The summed E-state index contributed by atoms with van der Waals surface area (Å²) >= 11 is 1.77. The molecule has 0 aromatic carbocycles. The molecule has 1 aromatic rings. The Morgan fingerprint density at radius 2 is 2.30 bits per heavy atom. The second-order valence-corrected chi connectivity index (χ2v) is 6.26. The number of allylic oxidation sites excluding steroid dienone is 1. The minimum atomic E-state index is 0.158. The zero-order valence-electron chi connectivity index (χ0n) is 12.0. The minimum absolute atomic E-state index is 0.158. The van der Waals surface area contributed by atoms with Crippen LogP contribution in [0.5, 0.6) is 0 Å². The van der Waals surface area contributed by atoms with E-state index in [0.29, 0.717) is 12.3 Å². The van der Waals surface area contributed by atoms with E-state index in [2.05, 4.69) is 33.6 Å². The van der Waals surface area contributed by atoms with Crippen molar-refractivity contribution < 1.29 is 4.79 Å². The van der Waals surface area contributed by atoms with E-state index in [-0.39, 0.29) is 5.91 Å². The summed E-state index contributed by atoms with van der Waals surface area (Å²) in [7, 11) is 0. The maximum atomic E-state index is 11.6. The summed E-state index contributed by atoms with van der Waals surface area (Å²) in [5, 5.41) is 7.41. The summed E-state index contributed by atoms with van der Waals surface area (Å²) in [5.41, 5.74) is 1.42. The van der Waals surface area contributed by atoms with E-state index in [1.165, 1.54) is 18.4 Å². The van der Waals surface area contributed by atoms with Crippen molar-refractivity contribution in [2.45, 2.75) is 32.2 Å². The maximum Gasteiger partial charge on any atom is 0.220 e. The molecular weight excluding hydrogens is 268 g/mol. The second-order valence-electron chi connectivity index (χ2n) is 5.48. The summed E-state index contributed by atoms with van der Waals surface area (Å²) in [6.45, 7) is 7.83. The van der Waals surface area contributed by atoms with Crippen molar-refractivity contribution in [2.75, 3.05) is 19.6 Å². The quantitative estimate of drug-likeness (QED) is 0.783. The molecule has 4 heteroatoms. The van der Waals surface area contributed by atoms with Crippen LogP contribution in [0.1, 0.15) is 31.2 Å². The van der Waals surface area contributed by atoms with Gasteiger partial charge in [0.25, 0.3) is 0 Å². The highest BCUT2D eigenvalue weighted by Crippen LogP contribution is 2.19. The molecule has 0 unspecified atom stereocenters. The normalized spacial score (nSPS) is 17.0. The van der Waals surface area contributed by atoms with Crippen LogP contribution >= 0.6 is 11.3 Å².